The molecule has 8 heteroatoms. The normalized spacial score (nSPS) is 10.5. The van der Waals surface area contributed by atoms with Crippen molar-refractivity contribution in [3.05, 3.63) is 63.2 Å². The van der Waals surface area contributed by atoms with Gasteiger partial charge in [0.15, 0.2) is 5.82 Å². The topological polar surface area (TPSA) is 62.7 Å². The molecule has 1 heterocycles. The number of anilines is 4. The lowest BCUT2D eigenvalue weighted by Crippen LogP contribution is -2.03. The molecule has 0 bridgehead atoms. The maximum Gasteiger partial charge on any atom is 0.249 e. The molecule has 0 aliphatic rings. The summed E-state index contributed by atoms with van der Waals surface area (Å²) in [5.74, 6) is 0.840. The van der Waals surface area contributed by atoms with E-state index < -0.39 is 0 Å². The van der Waals surface area contributed by atoms with Crippen LogP contribution in [0.4, 0.5) is 23.1 Å². The van der Waals surface area contributed by atoms with E-state index in [2.05, 4.69) is 25.8 Å². The number of halogens is 3. The number of hydrogen-bond acceptors (Lipinski definition) is 5. The van der Waals surface area contributed by atoms with E-state index in [9.17, 15) is 0 Å². The molecule has 0 saturated heterocycles. The molecule has 0 aliphatic heterocycles. The van der Waals surface area contributed by atoms with Gasteiger partial charge in [-0.3, -0.25) is 0 Å². The van der Waals surface area contributed by atoms with Crippen molar-refractivity contribution < 1.29 is 0 Å². The summed E-state index contributed by atoms with van der Waals surface area (Å²) in [6, 6.07) is 10.7. The Bertz CT molecular complexity index is 885. The molecule has 0 aliphatic carbocycles. The van der Waals surface area contributed by atoms with Gasteiger partial charge >= 0.3 is 0 Å². The lowest BCUT2D eigenvalue weighted by Gasteiger charge is -2.11. The van der Waals surface area contributed by atoms with Crippen LogP contribution in [0.3, 0.4) is 0 Å². The van der Waals surface area contributed by atoms with Gasteiger partial charge in [-0.25, -0.2) is 0 Å². The summed E-state index contributed by atoms with van der Waals surface area (Å²) in [5.41, 5.74) is 2.41. The first-order valence-corrected chi connectivity index (χ1v) is 8.10. The molecule has 0 spiro atoms. The van der Waals surface area contributed by atoms with Gasteiger partial charge in [-0.05, 0) is 42.8 Å². The average molecular weight is 381 g/mol. The van der Waals surface area contributed by atoms with E-state index in [0.29, 0.717) is 32.5 Å². The number of aromatic nitrogens is 3. The molecule has 0 amide bonds. The van der Waals surface area contributed by atoms with Crippen LogP contribution < -0.4 is 10.6 Å². The van der Waals surface area contributed by atoms with E-state index in [0.717, 1.165) is 11.3 Å². The molecule has 0 saturated carbocycles. The van der Waals surface area contributed by atoms with E-state index >= 15 is 0 Å². The second kappa shape index (κ2) is 7.21. The van der Waals surface area contributed by atoms with E-state index in [1.807, 2.05) is 25.1 Å². The van der Waals surface area contributed by atoms with E-state index in [4.69, 9.17) is 34.8 Å². The summed E-state index contributed by atoms with van der Waals surface area (Å²) in [4.78, 5) is 4.37. The molecule has 2 N–H and O–H groups in total. The van der Waals surface area contributed by atoms with Crippen LogP contribution >= 0.6 is 34.8 Å². The first kappa shape index (κ1) is 16.8. The summed E-state index contributed by atoms with van der Waals surface area (Å²) >= 11 is 18.1. The number of hydrogen-bond donors (Lipinski definition) is 2. The SMILES string of the molecule is Cc1c(Cl)cccc1Nc1cnnc(Nc2ccc(Cl)cc2Cl)n1. The van der Waals surface area contributed by atoms with Crippen molar-refractivity contribution in [1.82, 2.24) is 15.2 Å². The van der Waals surface area contributed by atoms with Gasteiger partial charge in [0.2, 0.25) is 5.95 Å². The van der Waals surface area contributed by atoms with Gasteiger partial charge in [0.25, 0.3) is 0 Å². The van der Waals surface area contributed by atoms with Gasteiger partial charge in [-0.1, -0.05) is 40.9 Å². The Kier molecular flexibility index (Phi) is 5.04. The Morgan fingerprint density at radius 2 is 1.75 bits per heavy atom. The molecule has 2 aromatic carbocycles. The zero-order chi connectivity index (χ0) is 17.1. The Morgan fingerprint density at radius 1 is 0.917 bits per heavy atom. The molecule has 0 unspecified atom stereocenters. The molecule has 0 atom stereocenters. The second-order valence-corrected chi connectivity index (χ2v) is 6.20. The smallest absolute Gasteiger partial charge is 0.249 e. The Balaban J connectivity index is 1.82. The molecule has 0 radical (unpaired) electrons. The fourth-order valence-electron chi connectivity index (χ4n) is 2.01. The highest BCUT2D eigenvalue weighted by Crippen LogP contribution is 2.28. The number of rotatable bonds is 4. The van der Waals surface area contributed by atoms with Crippen molar-refractivity contribution in [2.45, 2.75) is 6.92 Å². The molecule has 0 fully saturated rings. The molecule has 5 nitrogen and oxygen atoms in total. The minimum Gasteiger partial charge on any atom is -0.339 e. The fraction of sp³-hybridized carbons (Fsp3) is 0.0625. The van der Waals surface area contributed by atoms with Gasteiger partial charge in [0.1, 0.15) is 0 Å². The van der Waals surface area contributed by atoms with Gasteiger partial charge in [0, 0.05) is 15.7 Å². The molecule has 3 aromatic rings. The summed E-state index contributed by atoms with van der Waals surface area (Å²) in [5, 5.41) is 15.8. The van der Waals surface area contributed by atoms with Crippen LogP contribution in [0.5, 0.6) is 0 Å². The van der Waals surface area contributed by atoms with E-state index in [-0.39, 0.29) is 0 Å². The van der Waals surface area contributed by atoms with E-state index in [1.165, 1.54) is 6.20 Å². The predicted molar refractivity (Wildman–Crippen MR) is 99.0 cm³/mol. The number of benzene rings is 2. The van der Waals surface area contributed by atoms with Crippen molar-refractivity contribution in [2.75, 3.05) is 10.6 Å². The number of nitrogens with one attached hydrogen (secondary N) is 2. The zero-order valence-electron chi connectivity index (χ0n) is 12.5. The fourth-order valence-corrected chi connectivity index (χ4v) is 2.64. The largest absolute Gasteiger partial charge is 0.339 e. The highest BCUT2D eigenvalue weighted by Gasteiger charge is 2.07. The molecular weight excluding hydrogens is 369 g/mol. The Morgan fingerprint density at radius 3 is 2.54 bits per heavy atom. The van der Waals surface area contributed by atoms with Crippen molar-refractivity contribution in [2.24, 2.45) is 0 Å². The highest BCUT2D eigenvalue weighted by atomic mass is 35.5. The van der Waals surface area contributed by atoms with Crippen molar-refractivity contribution in [3.63, 3.8) is 0 Å². The molecule has 122 valence electrons. The van der Waals surface area contributed by atoms with Crippen LogP contribution in [0.2, 0.25) is 15.1 Å². The monoisotopic (exact) mass is 379 g/mol. The maximum absolute atomic E-state index is 6.13. The third kappa shape index (κ3) is 3.87. The molecule has 24 heavy (non-hydrogen) atoms. The lowest BCUT2D eigenvalue weighted by atomic mass is 10.2. The maximum atomic E-state index is 6.13. The first-order valence-electron chi connectivity index (χ1n) is 6.97. The quantitative estimate of drug-likeness (QED) is 0.614. The summed E-state index contributed by atoms with van der Waals surface area (Å²) in [6.07, 6.45) is 1.52. The van der Waals surface area contributed by atoms with Gasteiger partial charge in [0.05, 0.1) is 16.9 Å². The minimum atomic E-state index is 0.309. The Labute approximate surface area is 154 Å². The molecule has 3 rings (SSSR count). The van der Waals surface area contributed by atoms with Crippen LogP contribution in [0.25, 0.3) is 0 Å². The lowest BCUT2D eigenvalue weighted by molar-refractivity contribution is 0.982. The van der Waals surface area contributed by atoms with Crippen molar-refractivity contribution in [3.8, 4) is 0 Å². The van der Waals surface area contributed by atoms with Gasteiger partial charge < -0.3 is 10.6 Å². The highest BCUT2D eigenvalue weighted by molar-refractivity contribution is 6.36. The Hall–Kier alpha value is -2.08. The third-order valence-corrected chi connectivity index (χ3v) is 4.22. The molecular formula is C16H12Cl3N5. The van der Waals surface area contributed by atoms with Crippen LogP contribution in [0.15, 0.2) is 42.6 Å². The van der Waals surface area contributed by atoms with Crippen molar-refractivity contribution >= 4 is 57.9 Å². The van der Waals surface area contributed by atoms with Crippen LogP contribution in [0.1, 0.15) is 5.56 Å². The third-order valence-electron chi connectivity index (χ3n) is 3.27. The minimum absolute atomic E-state index is 0.309. The number of nitrogens with zero attached hydrogens (tertiary/aromatic N) is 3. The average Bonchev–Trinajstić information content (AvgIpc) is 2.55. The van der Waals surface area contributed by atoms with Crippen LogP contribution in [-0.2, 0) is 0 Å². The second-order valence-electron chi connectivity index (χ2n) is 4.95. The zero-order valence-corrected chi connectivity index (χ0v) is 14.8. The van der Waals surface area contributed by atoms with Crippen LogP contribution in [-0.4, -0.2) is 15.2 Å². The van der Waals surface area contributed by atoms with Gasteiger partial charge in [-0.2, -0.15) is 10.1 Å². The van der Waals surface area contributed by atoms with Crippen molar-refractivity contribution in [1.29, 1.82) is 0 Å². The molecule has 1 aromatic heterocycles. The first-order chi connectivity index (χ1) is 11.5. The summed E-state index contributed by atoms with van der Waals surface area (Å²) in [6.45, 7) is 1.92. The predicted octanol–water partition coefficient (Wildman–Crippen LogP) is 5.63. The van der Waals surface area contributed by atoms with E-state index in [1.54, 1.807) is 18.2 Å². The summed E-state index contributed by atoms with van der Waals surface area (Å²) in [7, 11) is 0. The van der Waals surface area contributed by atoms with Gasteiger partial charge in [-0.15, -0.1) is 5.10 Å². The van der Waals surface area contributed by atoms with Crippen LogP contribution in [0, 0.1) is 6.92 Å². The summed E-state index contributed by atoms with van der Waals surface area (Å²) < 4.78 is 0. The standard InChI is InChI=1S/C16H12Cl3N5/c1-9-11(18)3-2-4-13(9)21-15-8-20-24-16(23-15)22-14-6-5-10(17)7-12(14)19/h2-8H,1H3,(H2,21,22,23,24).